The number of benzene rings is 3. The van der Waals surface area contributed by atoms with Gasteiger partial charge < -0.3 is 94.8 Å². The van der Waals surface area contributed by atoms with Gasteiger partial charge in [-0.15, -0.1) is 0 Å². The van der Waals surface area contributed by atoms with Crippen LogP contribution >= 0.6 is 0 Å². The highest BCUT2D eigenvalue weighted by Crippen LogP contribution is 2.48. The Morgan fingerprint density at radius 2 is 1.32 bits per heavy atom. The lowest BCUT2D eigenvalue weighted by atomic mass is 9.98. The second kappa shape index (κ2) is 16.3. The molecule has 2 saturated heterocycles. The van der Waals surface area contributed by atoms with Crippen molar-refractivity contribution >= 4 is 18.1 Å². The van der Waals surface area contributed by atoms with Crippen molar-refractivity contribution < 1.29 is 99.6 Å². The number of fused-ring (bicyclic) bond motifs is 1. The summed E-state index contributed by atoms with van der Waals surface area (Å²) < 4.78 is 34.1. The van der Waals surface area contributed by atoms with E-state index in [1.165, 1.54) is 30.4 Å². The molecule has 302 valence electrons. The van der Waals surface area contributed by atoms with E-state index in [1.54, 1.807) is 0 Å². The van der Waals surface area contributed by atoms with Gasteiger partial charge in [0.05, 0.1) is 12.2 Å². The minimum atomic E-state index is -1.98. The van der Waals surface area contributed by atoms with Crippen molar-refractivity contribution in [2.24, 2.45) is 0 Å². The molecule has 0 aromatic heterocycles. The minimum absolute atomic E-state index is 0.0525. The van der Waals surface area contributed by atoms with E-state index < -0.39 is 115 Å². The van der Waals surface area contributed by atoms with Gasteiger partial charge in [-0.2, -0.15) is 0 Å². The van der Waals surface area contributed by atoms with E-state index in [2.05, 4.69) is 0 Å². The average Bonchev–Trinajstić information content (AvgIpc) is 3.16. The maximum atomic E-state index is 12.5. The SMILES string of the molecule is O=C(/C=C/c1ccc(O)c(O)c1)OC[C@H]1O[C@@H](OC2=Cc3c(cc(O)cc3O[C@@H]3O[C@H](CO)[C@@H](O)[C@H](O)[C@H]3O)OC2c2cc(O)c(O)c(O)c2)[C@H](O)[C@H](O)[C@@H]1O. The highest BCUT2D eigenvalue weighted by molar-refractivity contribution is 5.87. The quantitative estimate of drug-likeness (QED) is 0.0641. The molecule has 11 atom stereocenters. The minimum Gasteiger partial charge on any atom is -0.508 e. The summed E-state index contributed by atoms with van der Waals surface area (Å²) in [5.41, 5.74) is 0.187. The molecule has 2 fully saturated rings. The smallest absolute Gasteiger partial charge is 0.330 e. The van der Waals surface area contributed by atoms with Crippen LogP contribution in [0, 0.1) is 0 Å². The predicted molar refractivity (Wildman–Crippen MR) is 183 cm³/mol. The summed E-state index contributed by atoms with van der Waals surface area (Å²) in [6.45, 7) is -1.46. The van der Waals surface area contributed by atoms with Crippen LogP contribution < -0.4 is 9.47 Å². The summed E-state index contributed by atoms with van der Waals surface area (Å²) >= 11 is 0. The van der Waals surface area contributed by atoms with E-state index in [0.29, 0.717) is 5.56 Å². The van der Waals surface area contributed by atoms with Gasteiger partial charge in [-0.05, 0) is 42.0 Å². The first-order valence-electron chi connectivity index (χ1n) is 16.8. The maximum Gasteiger partial charge on any atom is 0.330 e. The second-order valence-corrected chi connectivity index (χ2v) is 13.0. The molecule has 3 aromatic carbocycles. The zero-order chi connectivity index (χ0) is 40.6. The van der Waals surface area contributed by atoms with Gasteiger partial charge in [-0.3, -0.25) is 0 Å². The zero-order valence-corrected chi connectivity index (χ0v) is 28.7. The van der Waals surface area contributed by atoms with Gasteiger partial charge in [-0.25, -0.2) is 4.79 Å². The summed E-state index contributed by atoms with van der Waals surface area (Å²) in [5.74, 6) is -5.45. The van der Waals surface area contributed by atoms with Crippen LogP contribution in [0.25, 0.3) is 12.2 Å². The lowest BCUT2D eigenvalue weighted by Gasteiger charge is -2.41. The van der Waals surface area contributed by atoms with E-state index in [-0.39, 0.29) is 34.1 Å². The molecule has 3 aliphatic rings. The number of hydrogen-bond donors (Lipinski definition) is 13. The maximum absolute atomic E-state index is 12.5. The van der Waals surface area contributed by atoms with Crippen LogP contribution in [0.5, 0.6) is 46.0 Å². The molecule has 6 rings (SSSR count). The number of aliphatic hydroxyl groups is 7. The van der Waals surface area contributed by atoms with E-state index in [9.17, 15) is 71.2 Å². The van der Waals surface area contributed by atoms with Crippen molar-refractivity contribution in [2.75, 3.05) is 13.2 Å². The van der Waals surface area contributed by atoms with Crippen LogP contribution in [0.2, 0.25) is 0 Å². The van der Waals surface area contributed by atoms with Gasteiger partial charge in [0, 0.05) is 23.8 Å². The summed E-state index contributed by atoms with van der Waals surface area (Å²) in [5, 5.41) is 133. The molecular formula is C36H38O20. The Hall–Kier alpha value is -5.55. The highest BCUT2D eigenvalue weighted by atomic mass is 16.7. The molecule has 13 N–H and O–H groups in total. The molecule has 56 heavy (non-hydrogen) atoms. The molecule has 3 aliphatic heterocycles. The Morgan fingerprint density at radius 1 is 0.696 bits per heavy atom. The van der Waals surface area contributed by atoms with Crippen LogP contribution in [0.1, 0.15) is 22.8 Å². The van der Waals surface area contributed by atoms with Crippen molar-refractivity contribution in [3.63, 3.8) is 0 Å². The van der Waals surface area contributed by atoms with Crippen molar-refractivity contribution in [1.82, 2.24) is 0 Å². The predicted octanol–water partition coefficient (Wildman–Crippen LogP) is -1.35. The summed E-state index contributed by atoms with van der Waals surface area (Å²) in [6.07, 6.45) is -15.7. The fraction of sp³-hybridized carbons (Fsp3) is 0.361. The number of ether oxygens (including phenoxy) is 6. The first-order valence-corrected chi connectivity index (χ1v) is 16.8. The fourth-order valence-corrected chi connectivity index (χ4v) is 6.03. The molecule has 0 amide bonds. The number of rotatable bonds is 10. The molecule has 0 bridgehead atoms. The van der Waals surface area contributed by atoms with Crippen molar-refractivity contribution in [1.29, 1.82) is 0 Å². The Labute approximate surface area is 315 Å². The molecule has 0 spiro atoms. The number of carbonyl (C=O) groups is 1. The first-order chi connectivity index (χ1) is 26.6. The van der Waals surface area contributed by atoms with Crippen LogP contribution in [-0.4, -0.2) is 147 Å². The monoisotopic (exact) mass is 790 g/mol. The van der Waals surface area contributed by atoms with Gasteiger partial charge in [0.1, 0.15) is 78.4 Å². The third-order valence-corrected chi connectivity index (χ3v) is 9.09. The highest BCUT2D eigenvalue weighted by Gasteiger charge is 2.48. The van der Waals surface area contributed by atoms with Gasteiger partial charge in [0.2, 0.25) is 12.6 Å². The number of phenols is 6. The summed E-state index contributed by atoms with van der Waals surface area (Å²) in [6, 6.07) is 7.91. The largest absolute Gasteiger partial charge is 0.508 e. The number of aromatic hydroxyl groups is 6. The van der Waals surface area contributed by atoms with Crippen LogP contribution in [0.4, 0.5) is 0 Å². The van der Waals surface area contributed by atoms with Gasteiger partial charge in [0.25, 0.3) is 0 Å². The van der Waals surface area contributed by atoms with Gasteiger partial charge in [-0.1, -0.05) is 6.07 Å². The van der Waals surface area contributed by atoms with E-state index in [0.717, 1.165) is 30.3 Å². The molecule has 0 aliphatic carbocycles. The Kier molecular flexibility index (Phi) is 11.7. The first kappa shape index (κ1) is 40.1. The van der Waals surface area contributed by atoms with Gasteiger partial charge in [0.15, 0.2) is 34.9 Å². The number of aliphatic hydroxyl groups excluding tert-OH is 7. The Balaban J connectivity index is 1.29. The van der Waals surface area contributed by atoms with Crippen molar-refractivity contribution in [3.8, 4) is 46.0 Å². The van der Waals surface area contributed by atoms with E-state index in [4.69, 9.17) is 28.4 Å². The average molecular weight is 791 g/mol. The molecule has 20 nitrogen and oxygen atoms in total. The number of carbonyl (C=O) groups excluding carboxylic acids is 1. The third-order valence-electron chi connectivity index (χ3n) is 9.09. The van der Waals surface area contributed by atoms with Crippen LogP contribution in [0.15, 0.2) is 54.3 Å². The number of phenolic OH excluding ortho intramolecular Hbond substituents is 6. The lowest BCUT2D eigenvalue weighted by Crippen LogP contribution is -2.60. The topological polar surface area (TPSA) is 335 Å². The molecular weight excluding hydrogens is 752 g/mol. The van der Waals surface area contributed by atoms with Gasteiger partial charge >= 0.3 is 5.97 Å². The molecule has 3 aromatic rings. The molecule has 1 unspecified atom stereocenters. The molecule has 3 heterocycles. The molecule has 20 heteroatoms. The Morgan fingerprint density at radius 3 is 1.96 bits per heavy atom. The van der Waals surface area contributed by atoms with Crippen LogP contribution in [-0.2, 0) is 23.7 Å². The van der Waals surface area contributed by atoms with Crippen molar-refractivity contribution in [3.05, 3.63) is 71.0 Å². The van der Waals surface area contributed by atoms with E-state index in [1.807, 2.05) is 0 Å². The fourth-order valence-electron chi connectivity index (χ4n) is 6.03. The second-order valence-electron chi connectivity index (χ2n) is 13.0. The van der Waals surface area contributed by atoms with Crippen molar-refractivity contribution in [2.45, 2.75) is 67.5 Å². The number of hydrogen-bond acceptors (Lipinski definition) is 20. The third kappa shape index (κ3) is 8.18. The standard InChI is InChI=1S/C36H38O20/c37-11-24-28(45)30(47)32(49)35(55-24)53-22-9-15(38)8-21-16(22)10-23(34(52-21)14-6-19(41)27(44)20(42)7-14)54-36-33(50)31(48)29(46)25(56-36)12-51-26(43)4-2-13-1-3-17(39)18(40)5-13/h1-10,24-25,28-42,44-50H,11-12H2/b4-2+/t24-,25-,28-,29-,30+,31-,32-,33-,34?,35-,36-/m1/s1. The van der Waals surface area contributed by atoms with E-state index >= 15 is 0 Å². The lowest BCUT2D eigenvalue weighted by molar-refractivity contribution is -0.294. The molecule has 0 saturated carbocycles. The summed E-state index contributed by atoms with van der Waals surface area (Å²) in [4.78, 5) is 12.5. The zero-order valence-electron chi connectivity index (χ0n) is 28.7. The normalized spacial score (nSPS) is 30.2. The summed E-state index contributed by atoms with van der Waals surface area (Å²) in [7, 11) is 0. The molecule has 0 radical (unpaired) electrons. The number of esters is 1. The van der Waals surface area contributed by atoms with Crippen LogP contribution in [0.3, 0.4) is 0 Å². The Bertz CT molecular complexity index is 1960.